The molecule has 0 aliphatic heterocycles. The highest BCUT2D eigenvalue weighted by Gasteiger charge is 2.21. The zero-order valence-corrected chi connectivity index (χ0v) is 13.7. The number of aliphatic imine (C=N–C) groups is 1. The first-order valence-electron chi connectivity index (χ1n) is 7.58. The van der Waals surface area contributed by atoms with Crippen LogP contribution in [0.1, 0.15) is 11.3 Å². The van der Waals surface area contributed by atoms with Crippen molar-refractivity contribution >= 4 is 28.8 Å². The minimum absolute atomic E-state index is 0.158. The third-order valence-corrected chi connectivity index (χ3v) is 3.63. The van der Waals surface area contributed by atoms with Gasteiger partial charge >= 0.3 is 0 Å². The minimum Gasteiger partial charge on any atom is -0.390 e. The average molecular weight is 355 g/mol. The monoisotopic (exact) mass is 355 g/mol. The molecule has 0 fully saturated rings. The van der Waals surface area contributed by atoms with Crippen LogP contribution in [0, 0.1) is 11.6 Å². The molecule has 2 heterocycles. The van der Waals surface area contributed by atoms with E-state index in [0.717, 1.165) is 6.34 Å². The Morgan fingerprint density at radius 1 is 1.27 bits per heavy atom. The Bertz CT molecular complexity index is 1020. The van der Waals surface area contributed by atoms with Crippen LogP contribution in [0.4, 0.5) is 14.5 Å². The van der Waals surface area contributed by atoms with Crippen LogP contribution in [0.3, 0.4) is 0 Å². The summed E-state index contributed by atoms with van der Waals surface area (Å²) in [6.07, 6.45) is 8.22. The van der Waals surface area contributed by atoms with Gasteiger partial charge in [-0.15, -0.1) is 0 Å². The van der Waals surface area contributed by atoms with Crippen LogP contribution in [0.15, 0.2) is 48.1 Å². The van der Waals surface area contributed by atoms with E-state index in [0.29, 0.717) is 16.9 Å². The Balaban J connectivity index is 2.28. The van der Waals surface area contributed by atoms with E-state index in [1.807, 2.05) is 0 Å². The third kappa shape index (κ3) is 3.14. The summed E-state index contributed by atoms with van der Waals surface area (Å²) in [4.78, 5) is 18.9. The van der Waals surface area contributed by atoms with Crippen LogP contribution < -0.4 is 11.1 Å². The van der Waals surface area contributed by atoms with Gasteiger partial charge in [0.25, 0.3) is 0 Å². The van der Waals surface area contributed by atoms with Crippen molar-refractivity contribution in [3.05, 3.63) is 66.0 Å². The molecule has 3 rings (SSSR count). The number of benzene rings is 1. The van der Waals surface area contributed by atoms with E-state index in [-0.39, 0.29) is 16.8 Å². The molecule has 0 spiro atoms. The second kappa shape index (κ2) is 7.51. The lowest BCUT2D eigenvalue weighted by atomic mass is 9.99. The van der Waals surface area contributed by atoms with Gasteiger partial charge in [-0.25, -0.2) is 28.7 Å². The summed E-state index contributed by atoms with van der Waals surface area (Å²) in [5, 5.41) is 2.70. The summed E-state index contributed by atoms with van der Waals surface area (Å²) >= 11 is 0. The number of aromatic amines is 1. The molecule has 0 saturated heterocycles. The molecule has 0 amide bonds. The fraction of sp³-hybridized carbons (Fsp3) is 0.0588. The number of aromatic nitrogens is 4. The van der Waals surface area contributed by atoms with Gasteiger partial charge in [0, 0.05) is 18.8 Å². The van der Waals surface area contributed by atoms with E-state index in [4.69, 9.17) is 5.73 Å². The van der Waals surface area contributed by atoms with E-state index in [1.165, 1.54) is 43.1 Å². The molecule has 132 valence electrons. The van der Waals surface area contributed by atoms with E-state index in [1.54, 1.807) is 7.05 Å². The second-order valence-electron chi connectivity index (χ2n) is 5.08. The molecule has 4 N–H and O–H groups in total. The number of anilines is 1. The van der Waals surface area contributed by atoms with E-state index in [9.17, 15) is 8.78 Å². The molecule has 1 aromatic carbocycles. The number of imidazole rings is 1. The maximum Gasteiger partial charge on any atom is 0.181 e. The summed E-state index contributed by atoms with van der Waals surface area (Å²) in [7, 11) is 1.55. The number of fused-ring (bicyclic) bond motifs is 1. The van der Waals surface area contributed by atoms with Gasteiger partial charge in [-0.1, -0.05) is 6.08 Å². The standard InChI is InChI=1S/C17H15F2N7/c1-21-12-5-4-11(18)13(14(12)19)10(3-2-6-22-7-20)15-16-17(25-8-23-15)26-9-24-16/h2-9,21H,1H3,(H2,20,22)(H,23,24,25,26)/b6-2-,10-3+. The molecule has 9 heteroatoms. The first-order chi connectivity index (χ1) is 12.7. The Hall–Kier alpha value is -3.62. The Morgan fingerprint density at radius 2 is 2.12 bits per heavy atom. The van der Waals surface area contributed by atoms with Gasteiger partial charge < -0.3 is 16.0 Å². The number of nitrogens with zero attached hydrogens (tertiary/aromatic N) is 4. The van der Waals surface area contributed by atoms with Gasteiger partial charge in [-0.3, -0.25) is 0 Å². The normalized spacial score (nSPS) is 12.5. The lowest BCUT2D eigenvalue weighted by molar-refractivity contribution is 0.579. The maximum atomic E-state index is 14.9. The van der Waals surface area contributed by atoms with Crippen molar-refractivity contribution in [1.29, 1.82) is 0 Å². The minimum atomic E-state index is -0.735. The van der Waals surface area contributed by atoms with Crippen LogP contribution in [0.2, 0.25) is 0 Å². The van der Waals surface area contributed by atoms with Crippen molar-refractivity contribution in [3.8, 4) is 0 Å². The summed E-state index contributed by atoms with van der Waals surface area (Å²) in [6, 6.07) is 2.51. The number of H-pyrrole nitrogens is 1. The van der Waals surface area contributed by atoms with Crippen molar-refractivity contribution in [2.45, 2.75) is 0 Å². The van der Waals surface area contributed by atoms with Crippen molar-refractivity contribution in [1.82, 2.24) is 19.9 Å². The summed E-state index contributed by atoms with van der Waals surface area (Å²) < 4.78 is 29.4. The summed E-state index contributed by atoms with van der Waals surface area (Å²) in [5.41, 5.74) is 6.48. The molecular formula is C17H15F2N7. The molecule has 0 radical (unpaired) electrons. The van der Waals surface area contributed by atoms with Crippen molar-refractivity contribution in [2.24, 2.45) is 10.7 Å². The van der Waals surface area contributed by atoms with Gasteiger partial charge in [0.2, 0.25) is 0 Å². The number of rotatable bonds is 5. The first-order valence-corrected chi connectivity index (χ1v) is 7.58. The fourth-order valence-electron chi connectivity index (χ4n) is 2.48. The predicted molar refractivity (Wildman–Crippen MR) is 96.5 cm³/mol. The summed E-state index contributed by atoms with van der Waals surface area (Å²) in [6.45, 7) is 0. The van der Waals surface area contributed by atoms with Crippen molar-refractivity contribution < 1.29 is 8.78 Å². The third-order valence-electron chi connectivity index (χ3n) is 3.63. The average Bonchev–Trinajstić information content (AvgIpc) is 3.12. The van der Waals surface area contributed by atoms with Crippen LogP contribution in [0.5, 0.6) is 0 Å². The largest absolute Gasteiger partial charge is 0.390 e. The zero-order valence-electron chi connectivity index (χ0n) is 13.7. The van der Waals surface area contributed by atoms with Gasteiger partial charge in [0.05, 0.1) is 23.9 Å². The van der Waals surface area contributed by atoms with Crippen LogP contribution in [-0.2, 0) is 0 Å². The molecular weight excluding hydrogens is 340 g/mol. The number of nitrogens with two attached hydrogens (primary N) is 1. The molecule has 0 saturated carbocycles. The molecule has 0 aliphatic carbocycles. The quantitative estimate of drug-likeness (QED) is 0.371. The zero-order chi connectivity index (χ0) is 18.5. The Labute approximate surface area is 147 Å². The maximum absolute atomic E-state index is 14.9. The van der Waals surface area contributed by atoms with Crippen LogP contribution in [0.25, 0.3) is 16.7 Å². The fourth-order valence-corrected chi connectivity index (χ4v) is 2.48. The van der Waals surface area contributed by atoms with Gasteiger partial charge in [0.1, 0.15) is 23.4 Å². The topological polar surface area (TPSA) is 105 Å². The van der Waals surface area contributed by atoms with E-state index >= 15 is 0 Å². The lowest BCUT2D eigenvalue weighted by Gasteiger charge is -2.12. The second-order valence-corrected chi connectivity index (χ2v) is 5.08. The molecule has 7 nitrogen and oxygen atoms in total. The highest BCUT2D eigenvalue weighted by atomic mass is 19.1. The van der Waals surface area contributed by atoms with Crippen molar-refractivity contribution in [2.75, 3.05) is 12.4 Å². The molecule has 2 aromatic heterocycles. The predicted octanol–water partition coefficient (Wildman–Crippen LogP) is 2.61. The van der Waals surface area contributed by atoms with E-state index < -0.39 is 11.6 Å². The number of halogens is 2. The molecule has 26 heavy (non-hydrogen) atoms. The smallest absolute Gasteiger partial charge is 0.181 e. The summed E-state index contributed by atoms with van der Waals surface area (Å²) in [5.74, 6) is -1.46. The molecule has 3 aromatic rings. The highest BCUT2D eigenvalue weighted by Crippen LogP contribution is 2.32. The molecule has 0 aliphatic rings. The van der Waals surface area contributed by atoms with Gasteiger partial charge in [-0.2, -0.15) is 0 Å². The highest BCUT2D eigenvalue weighted by molar-refractivity contribution is 5.92. The lowest BCUT2D eigenvalue weighted by Crippen LogP contribution is -2.03. The Kier molecular flexibility index (Phi) is 4.97. The van der Waals surface area contributed by atoms with Crippen LogP contribution in [-0.4, -0.2) is 33.3 Å². The molecule has 0 unspecified atom stereocenters. The number of nitrogens with one attached hydrogen (secondary N) is 2. The first kappa shape index (κ1) is 17.2. The number of hydrogen-bond donors (Lipinski definition) is 3. The number of allylic oxidation sites excluding steroid dienone is 2. The Morgan fingerprint density at radius 3 is 2.88 bits per heavy atom. The number of hydrogen-bond acceptors (Lipinski definition) is 5. The van der Waals surface area contributed by atoms with Gasteiger partial charge in [0.15, 0.2) is 11.5 Å². The SMILES string of the molecule is CNc1ccc(F)c(/C(=C\C=C/N=CN)c2ncnc3nc[nH]c23)c1F. The molecule has 0 bridgehead atoms. The van der Waals surface area contributed by atoms with Crippen molar-refractivity contribution in [3.63, 3.8) is 0 Å². The molecule has 0 atom stereocenters. The van der Waals surface area contributed by atoms with E-state index in [2.05, 4.69) is 30.2 Å². The van der Waals surface area contributed by atoms with Gasteiger partial charge in [-0.05, 0) is 18.2 Å². The van der Waals surface area contributed by atoms with Crippen LogP contribution >= 0.6 is 0 Å².